The monoisotopic (exact) mass is 307 g/mol. The zero-order chi connectivity index (χ0) is 14.9. The minimum Gasteiger partial charge on any atom is -0.478 e. The van der Waals surface area contributed by atoms with Crippen LogP contribution in [0.5, 0.6) is 0 Å². The Bertz CT molecular complexity index is 511. The molecule has 7 heteroatoms. The fourth-order valence-electron chi connectivity index (χ4n) is 2.44. The summed E-state index contributed by atoms with van der Waals surface area (Å²) in [6.07, 6.45) is -4.25. The number of hydrogen-bond donors (Lipinski definition) is 1. The van der Waals surface area contributed by atoms with Crippen molar-refractivity contribution in [3.05, 3.63) is 28.8 Å². The first-order valence-electron chi connectivity index (χ1n) is 6.14. The quantitative estimate of drug-likeness (QED) is 0.903. The number of piperidine rings is 1. The molecule has 1 aliphatic heterocycles. The maximum Gasteiger partial charge on any atom is 0.391 e. The van der Waals surface area contributed by atoms with Gasteiger partial charge in [-0.1, -0.05) is 17.7 Å². The smallest absolute Gasteiger partial charge is 0.391 e. The zero-order valence-corrected chi connectivity index (χ0v) is 11.2. The molecule has 0 unspecified atom stereocenters. The number of benzene rings is 1. The minimum absolute atomic E-state index is 0.0327. The van der Waals surface area contributed by atoms with Crippen LogP contribution >= 0.6 is 11.6 Å². The van der Waals surface area contributed by atoms with E-state index in [-0.39, 0.29) is 36.5 Å². The number of rotatable bonds is 2. The summed E-state index contributed by atoms with van der Waals surface area (Å²) in [5, 5.41) is 9.26. The molecule has 20 heavy (non-hydrogen) atoms. The Morgan fingerprint density at radius 1 is 1.30 bits per heavy atom. The summed E-state index contributed by atoms with van der Waals surface area (Å²) in [7, 11) is 0. The van der Waals surface area contributed by atoms with Crippen molar-refractivity contribution in [1.29, 1.82) is 0 Å². The molecule has 1 heterocycles. The highest BCUT2D eigenvalue weighted by atomic mass is 35.5. The molecule has 0 aromatic heterocycles. The lowest BCUT2D eigenvalue weighted by Gasteiger charge is -2.35. The van der Waals surface area contributed by atoms with E-state index in [1.807, 2.05) is 0 Å². The van der Waals surface area contributed by atoms with Gasteiger partial charge in [-0.25, -0.2) is 4.79 Å². The maximum atomic E-state index is 12.6. The van der Waals surface area contributed by atoms with Gasteiger partial charge in [0.1, 0.15) is 5.56 Å². The van der Waals surface area contributed by atoms with Gasteiger partial charge in [0.2, 0.25) is 0 Å². The Balaban J connectivity index is 2.19. The van der Waals surface area contributed by atoms with E-state index in [1.165, 1.54) is 6.07 Å². The first-order chi connectivity index (χ1) is 9.30. The van der Waals surface area contributed by atoms with E-state index in [9.17, 15) is 18.0 Å². The van der Waals surface area contributed by atoms with Crippen molar-refractivity contribution < 1.29 is 23.1 Å². The SMILES string of the molecule is O=C(O)c1c(Cl)cccc1N1CCC(C(F)(F)F)CC1. The molecule has 3 nitrogen and oxygen atoms in total. The first kappa shape index (κ1) is 15.0. The second-order valence-corrected chi connectivity index (χ2v) is 5.15. The Morgan fingerprint density at radius 2 is 1.90 bits per heavy atom. The predicted octanol–water partition coefficient (Wildman–Crippen LogP) is 3.82. The van der Waals surface area contributed by atoms with Gasteiger partial charge in [-0.05, 0) is 25.0 Å². The standard InChI is InChI=1S/C13H13ClF3NO2/c14-9-2-1-3-10(11(9)12(19)20)18-6-4-8(5-7-18)13(15,16)17/h1-3,8H,4-7H2,(H,19,20). The predicted molar refractivity (Wildman–Crippen MR) is 69.4 cm³/mol. The van der Waals surface area contributed by atoms with Crippen molar-refractivity contribution in [2.75, 3.05) is 18.0 Å². The third kappa shape index (κ3) is 3.00. The maximum absolute atomic E-state index is 12.6. The van der Waals surface area contributed by atoms with Gasteiger partial charge in [0.05, 0.1) is 16.6 Å². The lowest BCUT2D eigenvalue weighted by atomic mass is 9.95. The number of carbonyl (C=O) groups is 1. The average Bonchev–Trinajstić information content (AvgIpc) is 2.37. The lowest BCUT2D eigenvalue weighted by Crippen LogP contribution is -2.39. The fourth-order valence-corrected chi connectivity index (χ4v) is 2.69. The molecule has 0 amide bonds. The largest absolute Gasteiger partial charge is 0.478 e. The van der Waals surface area contributed by atoms with Crippen LogP contribution in [-0.4, -0.2) is 30.3 Å². The highest BCUT2D eigenvalue weighted by Gasteiger charge is 2.41. The number of alkyl halides is 3. The van der Waals surface area contributed by atoms with Gasteiger partial charge in [0.25, 0.3) is 0 Å². The third-order valence-electron chi connectivity index (χ3n) is 3.50. The Hall–Kier alpha value is -1.43. The topological polar surface area (TPSA) is 40.5 Å². The van der Waals surface area contributed by atoms with Gasteiger partial charge >= 0.3 is 12.1 Å². The van der Waals surface area contributed by atoms with Crippen LogP contribution in [0.3, 0.4) is 0 Å². The van der Waals surface area contributed by atoms with Crippen molar-refractivity contribution in [2.24, 2.45) is 5.92 Å². The van der Waals surface area contributed by atoms with Crippen LogP contribution in [0.4, 0.5) is 18.9 Å². The molecule has 110 valence electrons. The molecule has 1 fully saturated rings. The van der Waals surface area contributed by atoms with E-state index in [1.54, 1.807) is 17.0 Å². The molecule has 0 aliphatic carbocycles. The molecule has 0 radical (unpaired) electrons. The number of carboxylic acids is 1. The summed E-state index contributed by atoms with van der Waals surface area (Å²) < 4.78 is 37.8. The Labute approximate surface area is 118 Å². The third-order valence-corrected chi connectivity index (χ3v) is 3.82. The van der Waals surface area contributed by atoms with Crippen LogP contribution in [0.2, 0.25) is 5.02 Å². The van der Waals surface area contributed by atoms with Gasteiger partial charge in [0.15, 0.2) is 0 Å². The van der Waals surface area contributed by atoms with E-state index < -0.39 is 18.1 Å². The van der Waals surface area contributed by atoms with E-state index in [0.717, 1.165) is 0 Å². The first-order valence-corrected chi connectivity index (χ1v) is 6.52. The molecule has 2 rings (SSSR count). The summed E-state index contributed by atoms with van der Waals surface area (Å²) in [5.74, 6) is -2.49. The van der Waals surface area contributed by atoms with Crippen molar-refractivity contribution in [1.82, 2.24) is 0 Å². The molecule has 0 atom stereocenters. The Morgan fingerprint density at radius 3 is 2.40 bits per heavy atom. The van der Waals surface area contributed by atoms with E-state index >= 15 is 0 Å². The number of aromatic carboxylic acids is 1. The summed E-state index contributed by atoms with van der Waals surface area (Å²) in [6, 6.07) is 4.63. The van der Waals surface area contributed by atoms with Gasteiger partial charge < -0.3 is 10.0 Å². The van der Waals surface area contributed by atoms with Crippen LogP contribution in [0.25, 0.3) is 0 Å². The van der Waals surface area contributed by atoms with Crippen molar-refractivity contribution in [2.45, 2.75) is 19.0 Å². The fraction of sp³-hybridized carbons (Fsp3) is 0.462. The average molecular weight is 308 g/mol. The molecule has 0 saturated carbocycles. The second-order valence-electron chi connectivity index (χ2n) is 4.74. The normalized spacial score (nSPS) is 17.3. The van der Waals surface area contributed by atoms with Crippen molar-refractivity contribution >= 4 is 23.3 Å². The molecule has 1 aromatic carbocycles. The van der Waals surface area contributed by atoms with Gasteiger partial charge in [-0.2, -0.15) is 13.2 Å². The van der Waals surface area contributed by atoms with E-state index in [0.29, 0.717) is 5.69 Å². The second kappa shape index (κ2) is 5.52. The Kier molecular flexibility index (Phi) is 4.13. The van der Waals surface area contributed by atoms with E-state index in [2.05, 4.69) is 0 Å². The summed E-state index contributed by atoms with van der Waals surface area (Å²) in [6.45, 7) is 0.343. The van der Waals surface area contributed by atoms with Crippen LogP contribution in [0.15, 0.2) is 18.2 Å². The highest BCUT2D eigenvalue weighted by Crippen LogP contribution is 2.37. The molecule has 1 aliphatic rings. The van der Waals surface area contributed by atoms with E-state index in [4.69, 9.17) is 16.7 Å². The van der Waals surface area contributed by atoms with Gasteiger partial charge in [-0.15, -0.1) is 0 Å². The number of carboxylic acid groups (broad SMARTS) is 1. The van der Waals surface area contributed by atoms with Gasteiger partial charge in [-0.3, -0.25) is 0 Å². The molecule has 0 bridgehead atoms. The molecular weight excluding hydrogens is 295 g/mol. The van der Waals surface area contributed by atoms with Gasteiger partial charge in [0, 0.05) is 13.1 Å². The van der Waals surface area contributed by atoms with Crippen LogP contribution in [-0.2, 0) is 0 Å². The van der Waals surface area contributed by atoms with Crippen LogP contribution in [0, 0.1) is 5.92 Å². The molecular formula is C13H13ClF3NO2. The minimum atomic E-state index is -4.18. The molecule has 1 aromatic rings. The van der Waals surface area contributed by atoms with Crippen molar-refractivity contribution in [3.63, 3.8) is 0 Å². The summed E-state index contributed by atoms with van der Waals surface area (Å²) >= 11 is 5.86. The summed E-state index contributed by atoms with van der Waals surface area (Å²) in [4.78, 5) is 12.9. The van der Waals surface area contributed by atoms with Crippen LogP contribution < -0.4 is 4.90 Å². The molecule has 0 spiro atoms. The molecule has 1 N–H and O–H groups in total. The zero-order valence-electron chi connectivity index (χ0n) is 10.5. The lowest BCUT2D eigenvalue weighted by molar-refractivity contribution is -0.179. The summed E-state index contributed by atoms with van der Waals surface area (Å²) in [5.41, 5.74) is 0.324. The number of hydrogen-bond acceptors (Lipinski definition) is 2. The van der Waals surface area contributed by atoms with Crippen LogP contribution in [0.1, 0.15) is 23.2 Å². The molecule has 1 saturated heterocycles. The van der Waals surface area contributed by atoms with Crippen molar-refractivity contribution in [3.8, 4) is 0 Å². The highest BCUT2D eigenvalue weighted by molar-refractivity contribution is 6.34. The number of nitrogens with zero attached hydrogens (tertiary/aromatic N) is 1. The number of halogens is 4. The number of anilines is 1.